The van der Waals surface area contributed by atoms with Crippen LogP contribution in [0.15, 0.2) is 114 Å². The van der Waals surface area contributed by atoms with Gasteiger partial charge in [-0.1, -0.05) is 97.1 Å². The average Bonchev–Trinajstić information content (AvgIpc) is 3.55. The Bertz CT molecular complexity index is 2830. The molecule has 0 N–H and O–H groups in total. The average molecular weight is 659 g/mol. The highest BCUT2D eigenvalue weighted by Gasteiger charge is 2.26. The summed E-state index contributed by atoms with van der Waals surface area (Å²) < 4.78 is 6.27. The molecular weight excluding hydrogens is 617 g/mol. The van der Waals surface area contributed by atoms with Crippen LogP contribution in [-0.2, 0) is 0 Å². The van der Waals surface area contributed by atoms with Crippen molar-refractivity contribution in [3.05, 3.63) is 154 Å². The summed E-state index contributed by atoms with van der Waals surface area (Å²) >= 11 is 0. The third-order valence-electron chi connectivity index (χ3n) is 12.3. The Kier molecular flexibility index (Phi) is 7.03. The van der Waals surface area contributed by atoms with Crippen molar-refractivity contribution in [2.24, 2.45) is 0 Å². The number of aryl methyl sites for hydroxylation is 4. The van der Waals surface area contributed by atoms with Gasteiger partial charge in [0, 0.05) is 10.8 Å². The van der Waals surface area contributed by atoms with Gasteiger partial charge in [-0.3, -0.25) is 0 Å². The molecule has 8 aromatic carbocycles. The van der Waals surface area contributed by atoms with E-state index in [0.717, 1.165) is 16.6 Å². The van der Waals surface area contributed by atoms with E-state index in [9.17, 15) is 0 Å². The van der Waals surface area contributed by atoms with Gasteiger partial charge in [0.05, 0.1) is 0 Å². The Morgan fingerprint density at radius 2 is 0.765 bits per heavy atom. The third kappa shape index (κ3) is 4.40. The summed E-state index contributed by atoms with van der Waals surface area (Å²) in [5.74, 6) is 0. The quantitative estimate of drug-likeness (QED) is 0.172. The molecule has 0 radical (unpaired) electrons. The summed E-state index contributed by atoms with van der Waals surface area (Å²) in [6.07, 6.45) is 0. The minimum atomic E-state index is 0.924. The maximum atomic E-state index is 6.27. The number of hydrogen-bond acceptors (Lipinski definition) is 1. The maximum Gasteiger partial charge on any atom is 0.136 e. The van der Waals surface area contributed by atoms with E-state index in [0.29, 0.717) is 0 Å². The first kappa shape index (κ1) is 31.3. The molecule has 248 valence electrons. The van der Waals surface area contributed by atoms with Crippen molar-refractivity contribution in [1.82, 2.24) is 0 Å². The predicted octanol–water partition coefficient (Wildman–Crippen LogP) is 14.5. The third-order valence-corrected chi connectivity index (χ3v) is 12.3. The fourth-order valence-corrected chi connectivity index (χ4v) is 8.96. The summed E-state index contributed by atoms with van der Waals surface area (Å²) in [6, 6.07) is 39.8. The summed E-state index contributed by atoms with van der Waals surface area (Å²) in [5.41, 5.74) is 20.5. The van der Waals surface area contributed by atoms with E-state index in [1.165, 1.54) is 116 Å². The highest BCUT2D eigenvalue weighted by atomic mass is 16.3. The van der Waals surface area contributed by atoms with E-state index in [2.05, 4.69) is 159 Å². The van der Waals surface area contributed by atoms with Crippen LogP contribution in [0.2, 0.25) is 0 Å². The first-order chi connectivity index (χ1) is 24.7. The van der Waals surface area contributed by atoms with Gasteiger partial charge >= 0.3 is 0 Å². The van der Waals surface area contributed by atoms with Crippen LogP contribution in [0.1, 0.15) is 44.5 Å². The van der Waals surface area contributed by atoms with Crippen LogP contribution in [0.4, 0.5) is 0 Å². The standard InChI is InChI=1S/C50H42O/c1-27-29(3)33(7)46-44(31(27)5)48(37-25-23-36(24-26-37)39-19-14-22-43-49(39)41-18-11-12-21-42(41)51-43)45-32(6)28(2)30(4)34(8)47(45)50(46)40-20-13-16-35-15-9-10-17-38(35)40/h9-26H,1-8H3. The van der Waals surface area contributed by atoms with Crippen LogP contribution in [0, 0.1) is 55.4 Å². The Balaban J connectivity index is 1.43. The van der Waals surface area contributed by atoms with Gasteiger partial charge in [0.15, 0.2) is 0 Å². The fraction of sp³-hybridized carbons (Fsp3) is 0.160. The lowest BCUT2D eigenvalue weighted by Gasteiger charge is -2.27. The minimum absolute atomic E-state index is 0.924. The second kappa shape index (κ2) is 11.4. The Morgan fingerprint density at radius 3 is 1.39 bits per heavy atom. The van der Waals surface area contributed by atoms with Gasteiger partial charge in [0.1, 0.15) is 11.2 Å². The molecule has 9 rings (SSSR count). The van der Waals surface area contributed by atoms with Crippen molar-refractivity contribution in [3.63, 3.8) is 0 Å². The molecule has 0 aliphatic rings. The van der Waals surface area contributed by atoms with Gasteiger partial charge in [-0.15, -0.1) is 0 Å². The molecule has 0 unspecified atom stereocenters. The molecule has 1 nitrogen and oxygen atoms in total. The van der Waals surface area contributed by atoms with Crippen LogP contribution >= 0.6 is 0 Å². The molecule has 0 atom stereocenters. The lowest BCUT2D eigenvalue weighted by Crippen LogP contribution is -2.04. The summed E-state index contributed by atoms with van der Waals surface area (Å²) in [4.78, 5) is 0. The molecule has 1 heteroatoms. The zero-order chi connectivity index (χ0) is 35.3. The number of rotatable bonds is 3. The highest BCUT2D eigenvalue weighted by Crippen LogP contribution is 2.51. The Hall–Kier alpha value is -5.66. The van der Waals surface area contributed by atoms with Crippen molar-refractivity contribution >= 4 is 54.3 Å². The van der Waals surface area contributed by atoms with Crippen LogP contribution in [-0.4, -0.2) is 0 Å². The molecule has 0 fully saturated rings. The van der Waals surface area contributed by atoms with Gasteiger partial charge in [0.25, 0.3) is 0 Å². The molecule has 0 aliphatic carbocycles. The molecule has 1 aromatic heterocycles. The van der Waals surface area contributed by atoms with Crippen molar-refractivity contribution in [3.8, 4) is 33.4 Å². The molecule has 0 spiro atoms. The molecule has 1 heterocycles. The molecule has 0 aliphatic heterocycles. The molecule has 0 amide bonds. The summed E-state index contributed by atoms with van der Waals surface area (Å²) in [7, 11) is 0. The van der Waals surface area contributed by atoms with Gasteiger partial charge in [-0.2, -0.15) is 0 Å². The van der Waals surface area contributed by atoms with Crippen molar-refractivity contribution in [2.45, 2.75) is 55.4 Å². The number of benzene rings is 8. The minimum Gasteiger partial charge on any atom is -0.456 e. The first-order valence-electron chi connectivity index (χ1n) is 18.1. The normalized spacial score (nSPS) is 11.9. The van der Waals surface area contributed by atoms with Crippen LogP contribution in [0.25, 0.3) is 87.6 Å². The van der Waals surface area contributed by atoms with Crippen molar-refractivity contribution in [1.29, 1.82) is 0 Å². The maximum absolute atomic E-state index is 6.27. The smallest absolute Gasteiger partial charge is 0.136 e. The Morgan fingerprint density at radius 1 is 0.314 bits per heavy atom. The molecular formula is C50H42O. The van der Waals surface area contributed by atoms with Gasteiger partial charge < -0.3 is 4.42 Å². The van der Waals surface area contributed by atoms with E-state index < -0.39 is 0 Å². The van der Waals surface area contributed by atoms with Crippen LogP contribution in [0.5, 0.6) is 0 Å². The van der Waals surface area contributed by atoms with Gasteiger partial charge in [-0.25, -0.2) is 0 Å². The Labute approximate surface area is 300 Å². The zero-order valence-corrected chi connectivity index (χ0v) is 30.8. The van der Waals surface area contributed by atoms with Crippen molar-refractivity contribution < 1.29 is 4.42 Å². The number of fused-ring (bicyclic) bond motifs is 6. The van der Waals surface area contributed by atoms with Gasteiger partial charge in [-0.05, 0) is 178 Å². The SMILES string of the molecule is Cc1c(C)c(C)c2c(-c3cccc4ccccc34)c3c(C)c(C)c(C)c(C)c3c(-c3ccc(-c4cccc5oc6ccccc6c45)cc3)c2c1C. The number of para-hydroxylation sites is 1. The van der Waals surface area contributed by atoms with E-state index in [4.69, 9.17) is 4.42 Å². The predicted molar refractivity (Wildman–Crippen MR) is 220 cm³/mol. The fourth-order valence-electron chi connectivity index (χ4n) is 8.96. The van der Waals surface area contributed by atoms with E-state index >= 15 is 0 Å². The van der Waals surface area contributed by atoms with Crippen LogP contribution in [0.3, 0.4) is 0 Å². The molecule has 0 saturated carbocycles. The number of hydrogen-bond donors (Lipinski definition) is 0. The number of furan rings is 1. The monoisotopic (exact) mass is 658 g/mol. The molecule has 9 aromatic rings. The lowest BCUT2D eigenvalue weighted by molar-refractivity contribution is 0.669. The topological polar surface area (TPSA) is 13.1 Å². The zero-order valence-electron chi connectivity index (χ0n) is 30.8. The van der Waals surface area contributed by atoms with Crippen LogP contribution < -0.4 is 0 Å². The second-order valence-electron chi connectivity index (χ2n) is 14.6. The lowest BCUT2D eigenvalue weighted by atomic mass is 9.76. The molecule has 51 heavy (non-hydrogen) atoms. The largest absolute Gasteiger partial charge is 0.456 e. The molecule has 0 bridgehead atoms. The van der Waals surface area contributed by atoms with E-state index in [1.807, 2.05) is 6.07 Å². The van der Waals surface area contributed by atoms with E-state index in [1.54, 1.807) is 0 Å². The molecule has 0 saturated heterocycles. The summed E-state index contributed by atoms with van der Waals surface area (Å²) in [6.45, 7) is 18.6. The van der Waals surface area contributed by atoms with E-state index in [-0.39, 0.29) is 0 Å². The second-order valence-corrected chi connectivity index (χ2v) is 14.6. The first-order valence-corrected chi connectivity index (χ1v) is 18.1. The van der Waals surface area contributed by atoms with Gasteiger partial charge in [0.2, 0.25) is 0 Å². The highest BCUT2D eigenvalue weighted by molar-refractivity contribution is 6.27. The summed E-state index contributed by atoms with van der Waals surface area (Å²) in [5, 5.41) is 10.4. The van der Waals surface area contributed by atoms with Crippen molar-refractivity contribution in [2.75, 3.05) is 0 Å².